The minimum Gasteiger partial charge on any atom is -0.481 e. The van der Waals surface area contributed by atoms with E-state index in [0.29, 0.717) is 19.5 Å². The predicted molar refractivity (Wildman–Crippen MR) is 97.2 cm³/mol. The van der Waals surface area contributed by atoms with E-state index < -0.39 is 11.4 Å². The normalized spacial score (nSPS) is 19.6. The molecular weight excluding hydrogens is 332 g/mol. The summed E-state index contributed by atoms with van der Waals surface area (Å²) in [5.41, 5.74) is 2.98. The summed E-state index contributed by atoms with van der Waals surface area (Å²) in [7, 11) is 0. The zero-order valence-electron chi connectivity index (χ0n) is 15.3. The molecule has 2 N–H and O–H groups in total. The van der Waals surface area contributed by atoms with Crippen LogP contribution >= 0.6 is 0 Å². The van der Waals surface area contributed by atoms with Gasteiger partial charge < -0.3 is 15.3 Å². The van der Waals surface area contributed by atoms with E-state index in [0.717, 1.165) is 22.6 Å². The van der Waals surface area contributed by atoms with E-state index in [1.165, 1.54) is 0 Å². The second-order valence-corrected chi connectivity index (χ2v) is 7.16. The van der Waals surface area contributed by atoms with Crippen molar-refractivity contribution in [1.29, 1.82) is 0 Å². The van der Waals surface area contributed by atoms with Gasteiger partial charge in [-0.15, -0.1) is 0 Å². The summed E-state index contributed by atoms with van der Waals surface area (Å²) in [6, 6.07) is 9.56. The molecule has 1 aliphatic rings. The molecule has 2 aromatic rings. The van der Waals surface area contributed by atoms with Crippen LogP contribution in [0.15, 0.2) is 30.3 Å². The van der Waals surface area contributed by atoms with E-state index in [2.05, 4.69) is 10.4 Å². The van der Waals surface area contributed by atoms with E-state index in [9.17, 15) is 14.7 Å². The Morgan fingerprint density at radius 2 is 2.04 bits per heavy atom. The van der Waals surface area contributed by atoms with Gasteiger partial charge in [0.25, 0.3) is 0 Å². The molecule has 0 saturated carbocycles. The molecule has 1 saturated heterocycles. The largest absolute Gasteiger partial charge is 0.481 e. The highest BCUT2D eigenvalue weighted by Gasteiger charge is 2.42. The van der Waals surface area contributed by atoms with Gasteiger partial charge in [-0.2, -0.15) is 5.10 Å². The van der Waals surface area contributed by atoms with E-state index in [-0.39, 0.29) is 12.6 Å². The number of aliphatic carboxylic acids is 1. The highest BCUT2D eigenvalue weighted by Crippen LogP contribution is 2.30. The highest BCUT2D eigenvalue weighted by atomic mass is 16.4. The van der Waals surface area contributed by atoms with Crippen molar-refractivity contribution < 1.29 is 14.7 Å². The average Bonchev–Trinajstić information content (AvgIpc) is 3.16. The third-order valence-electron chi connectivity index (χ3n) is 4.94. The monoisotopic (exact) mass is 356 g/mol. The zero-order chi connectivity index (χ0) is 18.9. The number of carbonyl (C=O) groups excluding carboxylic acids is 1. The minimum atomic E-state index is -0.862. The van der Waals surface area contributed by atoms with E-state index >= 15 is 0 Å². The Balaban J connectivity index is 1.70. The molecule has 2 heterocycles. The van der Waals surface area contributed by atoms with Crippen molar-refractivity contribution in [1.82, 2.24) is 20.0 Å². The third kappa shape index (κ3) is 3.42. The number of benzene rings is 1. The average molecular weight is 356 g/mol. The summed E-state index contributed by atoms with van der Waals surface area (Å²) in [5, 5.41) is 16.7. The van der Waals surface area contributed by atoms with Gasteiger partial charge in [0.05, 0.1) is 16.8 Å². The number of rotatable bonds is 4. The lowest BCUT2D eigenvalue weighted by Crippen LogP contribution is -2.40. The number of hydrogen-bond acceptors (Lipinski definition) is 3. The second kappa shape index (κ2) is 6.82. The molecule has 1 aromatic carbocycles. The predicted octanol–water partition coefficient (Wildman–Crippen LogP) is 2.50. The van der Waals surface area contributed by atoms with Gasteiger partial charge in [-0.05, 0) is 44.9 Å². The van der Waals surface area contributed by atoms with Crippen LogP contribution in [0.3, 0.4) is 0 Å². The number of carboxylic acids is 1. The maximum atomic E-state index is 12.4. The number of amides is 2. The number of nitrogens with zero attached hydrogens (tertiary/aromatic N) is 3. The van der Waals surface area contributed by atoms with Crippen LogP contribution < -0.4 is 5.32 Å². The van der Waals surface area contributed by atoms with Crippen LogP contribution in [0.5, 0.6) is 0 Å². The molecule has 1 fully saturated rings. The first kappa shape index (κ1) is 18.0. The van der Waals surface area contributed by atoms with Crippen LogP contribution in [-0.4, -0.2) is 44.9 Å². The van der Waals surface area contributed by atoms with Crippen molar-refractivity contribution >= 4 is 12.0 Å². The van der Waals surface area contributed by atoms with Crippen LogP contribution in [0, 0.1) is 19.3 Å². The number of carbonyl (C=O) groups is 2. The van der Waals surface area contributed by atoms with Crippen molar-refractivity contribution in [2.75, 3.05) is 13.1 Å². The molecule has 7 heteroatoms. The molecule has 3 rings (SSSR count). The molecule has 1 aromatic heterocycles. The molecule has 138 valence electrons. The number of carboxylic acid groups (broad SMARTS) is 1. The maximum Gasteiger partial charge on any atom is 0.317 e. The molecule has 26 heavy (non-hydrogen) atoms. The van der Waals surface area contributed by atoms with Crippen molar-refractivity contribution in [2.45, 2.75) is 33.7 Å². The first-order valence-electron chi connectivity index (χ1n) is 8.68. The van der Waals surface area contributed by atoms with Crippen LogP contribution in [0.25, 0.3) is 5.69 Å². The smallest absolute Gasteiger partial charge is 0.317 e. The van der Waals surface area contributed by atoms with Crippen LogP contribution in [0.2, 0.25) is 0 Å². The lowest BCUT2D eigenvalue weighted by Gasteiger charge is -2.21. The van der Waals surface area contributed by atoms with Gasteiger partial charge in [0.15, 0.2) is 0 Å². The molecule has 0 bridgehead atoms. The first-order valence-corrected chi connectivity index (χ1v) is 8.68. The molecule has 1 unspecified atom stereocenters. The van der Waals surface area contributed by atoms with Gasteiger partial charge >= 0.3 is 12.0 Å². The Bertz CT molecular complexity index is 845. The lowest BCUT2D eigenvalue weighted by atomic mass is 9.90. The molecule has 1 aliphatic heterocycles. The van der Waals surface area contributed by atoms with E-state index in [4.69, 9.17) is 0 Å². The lowest BCUT2D eigenvalue weighted by molar-refractivity contribution is -0.147. The molecule has 1 atom stereocenters. The number of aromatic nitrogens is 2. The van der Waals surface area contributed by atoms with Gasteiger partial charge in [0.1, 0.15) is 0 Å². The van der Waals surface area contributed by atoms with Crippen molar-refractivity contribution in [3.8, 4) is 5.69 Å². The second-order valence-electron chi connectivity index (χ2n) is 7.16. The summed E-state index contributed by atoms with van der Waals surface area (Å²) in [6.07, 6.45) is 0.470. The highest BCUT2D eigenvalue weighted by molar-refractivity contribution is 5.79. The fourth-order valence-corrected chi connectivity index (χ4v) is 3.33. The molecule has 0 aliphatic carbocycles. The molecule has 7 nitrogen and oxygen atoms in total. The Labute approximate surface area is 152 Å². The number of hydrogen-bond donors (Lipinski definition) is 2. The van der Waals surface area contributed by atoms with Crippen LogP contribution in [-0.2, 0) is 11.3 Å². The Morgan fingerprint density at radius 3 is 2.65 bits per heavy atom. The Morgan fingerprint density at radius 1 is 1.31 bits per heavy atom. The van der Waals surface area contributed by atoms with Crippen molar-refractivity contribution in [2.24, 2.45) is 5.41 Å². The van der Waals surface area contributed by atoms with Gasteiger partial charge in [-0.3, -0.25) is 4.79 Å². The Hall–Kier alpha value is -2.83. The van der Waals surface area contributed by atoms with E-state index in [1.54, 1.807) is 11.8 Å². The number of para-hydroxylation sites is 1. The molecule has 0 spiro atoms. The maximum absolute atomic E-state index is 12.4. The summed E-state index contributed by atoms with van der Waals surface area (Å²) < 4.78 is 1.87. The quantitative estimate of drug-likeness (QED) is 0.881. The number of likely N-dealkylation sites (tertiary alicyclic amines) is 1. The van der Waals surface area contributed by atoms with Crippen LogP contribution in [0.4, 0.5) is 4.79 Å². The summed E-state index contributed by atoms with van der Waals surface area (Å²) >= 11 is 0. The summed E-state index contributed by atoms with van der Waals surface area (Å²) in [4.78, 5) is 25.4. The fourth-order valence-electron chi connectivity index (χ4n) is 3.33. The Kier molecular flexibility index (Phi) is 4.71. The van der Waals surface area contributed by atoms with E-state index in [1.807, 2.05) is 48.9 Å². The minimum absolute atomic E-state index is 0.229. The van der Waals surface area contributed by atoms with Crippen molar-refractivity contribution in [3.63, 3.8) is 0 Å². The SMILES string of the molecule is Cc1cc(C)n(-c2ccccc2CNC(=O)N2CCC(C)(C(=O)O)C2)n1. The standard InChI is InChI=1S/C19H24N4O3/c1-13-10-14(2)23(21-13)16-7-5-4-6-15(16)11-20-18(26)22-9-8-19(3,12-22)17(24)25/h4-7,10H,8-9,11-12H2,1-3H3,(H,20,26)(H,24,25). The topological polar surface area (TPSA) is 87.5 Å². The molecule has 0 radical (unpaired) electrons. The van der Waals surface area contributed by atoms with Gasteiger partial charge in [-0.1, -0.05) is 18.2 Å². The number of nitrogens with one attached hydrogen (secondary N) is 1. The summed E-state index contributed by atoms with van der Waals surface area (Å²) in [5.74, 6) is -0.859. The zero-order valence-corrected chi connectivity index (χ0v) is 15.3. The van der Waals surface area contributed by atoms with Gasteiger partial charge in [0, 0.05) is 25.3 Å². The third-order valence-corrected chi connectivity index (χ3v) is 4.94. The summed E-state index contributed by atoms with van der Waals surface area (Å²) in [6.45, 7) is 6.66. The number of aryl methyl sites for hydroxylation is 2. The van der Waals surface area contributed by atoms with Crippen molar-refractivity contribution in [3.05, 3.63) is 47.3 Å². The molecule has 2 amide bonds. The fraction of sp³-hybridized carbons (Fsp3) is 0.421. The molecular formula is C19H24N4O3. The van der Waals surface area contributed by atoms with Gasteiger partial charge in [0.2, 0.25) is 0 Å². The van der Waals surface area contributed by atoms with Gasteiger partial charge in [-0.25, -0.2) is 9.48 Å². The first-order chi connectivity index (χ1) is 12.3. The van der Waals surface area contributed by atoms with Crippen LogP contribution in [0.1, 0.15) is 30.3 Å². The number of urea groups is 1.